The van der Waals surface area contributed by atoms with Crippen molar-refractivity contribution in [3.05, 3.63) is 42.1 Å². The number of hydrogen-bond donors (Lipinski definition) is 2. The molecule has 0 spiro atoms. The molecule has 1 saturated carbocycles. The third-order valence-electron chi connectivity index (χ3n) is 2.78. The zero-order valence-electron chi connectivity index (χ0n) is 9.99. The molecule has 2 atom stereocenters. The van der Waals surface area contributed by atoms with Gasteiger partial charge in [-0.3, -0.25) is 0 Å². The Morgan fingerprint density at radius 3 is 2.44 bits per heavy atom. The second-order valence-corrected chi connectivity index (χ2v) is 6.86. The molecule has 2 nitrogen and oxygen atoms in total. The molecule has 0 heterocycles. The normalized spacial score (nSPS) is 16.5. The average molecular weight is 282 g/mol. The van der Waals surface area contributed by atoms with Crippen LogP contribution in [0.3, 0.4) is 0 Å². The van der Waals surface area contributed by atoms with E-state index in [-0.39, 0.29) is 5.71 Å². The van der Waals surface area contributed by atoms with Crippen LogP contribution in [0.15, 0.2) is 36.5 Å². The molecule has 0 aliphatic heterocycles. The fraction of sp³-hybridized carbons (Fsp3) is 0.308. The molecule has 0 saturated heterocycles. The van der Waals surface area contributed by atoms with E-state index in [0.717, 1.165) is 18.4 Å². The van der Waals surface area contributed by atoms with Gasteiger partial charge in [0.05, 0.1) is 5.71 Å². The lowest BCUT2D eigenvalue weighted by Gasteiger charge is -2.19. The molecule has 96 valence electrons. The summed E-state index contributed by atoms with van der Waals surface area (Å²) in [6.45, 7) is 0. The van der Waals surface area contributed by atoms with Gasteiger partial charge in [0.1, 0.15) is 0 Å². The molecule has 1 aromatic carbocycles. The van der Waals surface area contributed by atoms with Crippen LogP contribution in [0.2, 0.25) is 0 Å². The third kappa shape index (κ3) is 3.60. The van der Waals surface area contributed by atoms with Crippen LogP contribution in [0, 0.1) is 5.41 Å². The lowest BCUT2D eigenvalue weighted by atomic mass is 10.0. The van der Waals surface area contributed by atoms with Crippen LogP contribution < -0.4 is 5.32 Å². The van der Waals surface area contributed by atoms with E-state index in [1.54, 1.807) is 6.20 Å². The van der Waals surface area contributed by atoms with E-state index in [4.69, 9.17) is 5.41 Å². The van der Waals surface area contributed by atoms with Crippen molar-refractivity contribution < 1.29 is 4.39 Å². The maximum absolute atomic E-state index is 13.9. The van der Waals surface area contributed by atoms with Crippen LogP contribution in [-0.2, 0) is 0 Å². The molecular weight excluding hydrogens is 265 g/mol. The first-order chi connectivity index (χ1) is 8.48. The van der Waals surface area contributed by atoms with Crippen LogP contribution in [0.25, 0.3) is 5.57 Å². The molecule has 5 heteroatoms. The van der Waals surface area contributed by atoms with Gasteiger partial charge in [-0.05, 0) is 18.4 Å². The van der Waals surface area contributed by atoms with Crippen LogP contribution in [0.1, 0.15) is 18.4 Å². The van der Waals surface area contributed by atoms with E-state index in [0.29, 0.717) is 11.6 Å². The second-order valence-electron chi connectivity index (χ2n) is 4.51. The lowest BCUT2D eigenvalue weighted by molar-refractivity contribution is 0.503. The monoisotopic (exact) mass is 282 g/mol. The topological polar surface area (TPSA) is 35.9 Å². The summed E-state index contributed by atoms with van der Waals surface area (Å²) in [5, 5.41) is 9.40. The van der Waals surface area contributed by atoms with Gasteiger partial charge in [-0.2, -0.15) is 0 Å². The minimum absolute atomic E-state index is 0.0585. The first kappa shape index (κ1) is 13.6. The van der Waals surface area contributed by atoms with E-state index in [1.165, 1.54) is 0 Å². The Morgan fingerprint density at radius 2 is 1.94 bits per heavy atom. The Bertz CT molecular complexity index is 462. The first-order valence-corrected chi connectivity index (χ1v) is 7.01. The maximum atomic E-state index is 13.9. The molecule has 0 radical (unpaired) electrons. The molecule has 18 heavy (non-hydrogen) atoms. The number of nitrogens with one attached hydrogen (secondary N) is 2. The summed E-state index contributed by atoms with van der Waals surface area (Å²) in [6, 6.07) is 9.94. The Kier molecular flexibility index (Phi) is 4.14. The quantitative estimate of drug-likeness (QED) is 0.631. The zero-order valence-corrected chi connectivity index (χ0v) is 12.3. The van der Waals surface area contributed by atoms with Crippen LogP contribution >= 0.6 is 18.5 Å². The summed E-state index contributed by atoms with van der Waals surface area (Å²) >= 11 is 0. The van der Waals surface area contributed by atoms with E-state index >= 15 is 0 Å². The lowest BCUT2D eigenvalue weighted by Crippen LogP contribution is -2.21. The molecule has 0 bridgehead atoms. The highest BCUT2D eigenvalue weighted by molar-refractivity contribution is 7.42. The van der Waals surface area contributed by atoms with Gasteiger partial charge in [-0.1, -0.05) is 48.8 Å². The van der Waals surface area contributed by atoms with Gasteiger partial charge in [0, 0.05) is 17.8 Å². The molecule has 1 aliphatic rings. The third-order valence-corrected chi connectivity index (χ3v) is 3.36. The summed E-state index contributed by atoms with van der Waals surface area (Å²) in [4.78, 5) is 0. The van der Waals surface area contributed by atoms with Crippen molar-refractivity contribution in [2.24, 2.45) is 0 Å². The Hall–Kier alpha value is -0.780. The van der Waals surface area contributed by atoms with Gasteiger partial charge in [-0.15, -0.1) is 0 Å². The Balaban J connectivity index is 2.28. The Labute approximate surface area is 111 Å². The van der Waals surface area contributed by atoms with Crippen molar-refractivity contribution in [3.8, 4) is 0 Å². The fourth-order valence-corrected chi connectivity index (χ4v) is 1.89. The van der Waals surface area contributed by atoms with Crippen molar-refractivity contribution in [1.82, 2.24) is 5.32 Å². The maximum Gasteiger partial charge on any atom is 0.177 e. The average Bonchev–Trinajstić information content (AvgIpc) is 3.13. The first-order valence-electron chi connectivity index (χ1n) is 5.86. The molecular formula is C13H17FN2P2. The van der Waals surface area contributed by atoms with E-state index < -0.39 is 5.15 Å². The predicted molar refractivity (Wildman–Crippen MR) is 81.6 cm³/mol. The van der Waals surface area contributed by atoms with Gasteiger partial charge in [0.15, 0.2) is 5.15 Å². The summed E-state index contributed by atoms with van der Waals surface area (Å²) < 4.78 is 13.9. The number of allylic oxidation sites excluding steroid dienone is 1. The number of halogens is 1. The number of benzene rings is 1. The summed E-state index contributed by atoms with van der Waals surface area (Å²) in [6.07, 6.45) is 4.06. The van der Waals surface area contributed by atoms with E-state index in [9.17, 15) is 4.39 Å². The van der Waals surface area contributed by atoms with Crippen LogP contribution in [0.4, 0.5) is 4.39 Å². The van der Waals surface area contributed by atoms with E-state index in [1.807, 2.05) is 48.8 Å². The van der Waals surface area contributed by atoms with Crippen molar-refractivity contribution >= 4 is 29.8 Å². The molecule has 2 N–H and O–H groups in total. The molecule has 1 aromatic rings. The number of alkyl halides is 1. The van der Waals surface area contributed by atoms with E-state index in [2.05, 4.69) is 5.32 Å². The zero-order chi connectivity index (χ0) is 13.2. The summed E-state index contributed by atoms with van der Waals surface area (Å²) in [7, 11) is 4.09. The Morgan fingerprint density at radius 1 is 1.33 bits per heavy atom. The molecule has 1 fully saturated rings. The summed E-state index contributed by atoms with van der Waals surface area (Å²) in [5.74, 6) is 0. The smallest absolute Gasteiger partial charge is 0.177 e. The molecule has 0 aromatic heterocycles. The van der Waals surface area contributed by atoms with Gasteiger partial charge < -0.3 is 10.7 Å². The molecule has 2 rings (SSSR count). The van der Waals surface area contributed by atoms with Gasteiger partial charge >= 0.3 is 0 Å². The highest BCUT2D eigenvalue weighted by Crippen LogP contribution is 2.35. The fourth-order valence-electron chi connectivity index (χ4n) is 1.58. The molecule has 0 amide bonds. The largest absolute Gasteiger partial charge is 0.388 e. The second kappa shape index (κ2) is 5.47. The predicted octanol–water partition coefficient (Wildman–Crippen LogP) is 3.17. The SMILES string of the molecule is N=C(/C(=C\NC1CC1)c1ccccc1)C(F)(P)P. The molecule has 1 aliphatic carbocycles. The van der Waals surface area contributed by atoms with Crippen molar-refractivity contribution in [2.75, 3.05) is 0 Å². The standard InChI is InChI=1S/C13H17FN2P2/c14-13(17,18)12(15)11(8-16-10-6-7-10)9-4-2-1-3-5-9/h1-5,8,10,15-16H,6-7,17-18H2/b11-8-,15-12?. The van der Waals surface area contributed by atoms with Crippen LogP contribution in [0.5, 0.6) is 0 Å². The minimum Gasteiger partial charge on any atom is -0.388 e. The van der Waals surface area contributed by atoms with Crippen molar-refractivity contribution in [3.63, 3.8) is 0 Å². The highest BCUT2D eigenvalue weighted by atomic mass is 31.1. The van der Waals surface area contributed by atoms with Crippen LogP contribution in [-0.4, -0.2) is 16.9 Å². The summed E-state index contributed by atoms with van der Waals surface area (Å²) in [5.41, 5.74) is 1.38. The van der Waals surface area contributed by atoms with Gasteiger partial charge in [-0.25, -0.2) is 4.39 Å². The van der Waals surface area contributed by atoms with Crippen molar-refractivity contribution in [2.45, 2.75) is 24.0 Å². The van der Waals surface area contributed by atoms with Gasteiger partial charge in [0.25, 0.3) is 0 Å². The van der Waals surface area contributed by atoms with Crippen molar-refractivity contribution in [1.29, 1.82) is 5.41 Å². The number of rotatable bonds is 5. The number of hydrogen-bond acceptors (Lipinski definition) is 2. The highest BCUT2D eigenvalue weighted by Gasteiger charge is 2.27. The molecule has 2 unspecified atom stereocenters. The minimum atomic E-state index is -1.80. The van der Waals surface area contributed by atoms with Gasteiger partial charge in [0.2, 0.25) is 0 Å².